The van der Waals surface area contributed by atoms with Gasteiger partial charge in [-0.1, -0.05) is 17.3 Å². The van der Waals surface area contributed by atoms with Crippen molar-refractivity contribution < 1.29 is 9.60 Å². The molecular weight excluding hydrogens is 221 g/mol. The fourth-order valence-electron chi connectivity index (χ4n) is 1.49. The number of amidine groups is 1. The van der Waals surface area contributed by atoms with Gasteiger partial charge >= 0.3 is 0 Å². The Kier molecular flexibility index (Phi) is 4.90. The predicted molar refractivity (Wildman–Crippen MR) is 65.4 cm³/mol. The van der Waals surface area contributed by atoms with Crippen LogP contribution in [0.5, 0.6) is 0 Å². The van der Waals surface area contributed by atoms with Crippen LogP contribution in [0.4, 0.5) is 4.39 Å². The number of hydrogen-bond acceptors (Lipinski definition) is 3. The summed E-state index contributed by atoms with van der Waals surface area (Å²) in [4.78, 5) is 2.03. The van der Waals surface area contributed by atoms with Gasteiger partial charge in [0.1, 0.15) is 5.82 Å². The highest BCUT2D eigenvalue weighted by Gasteiger charge is 2.12. The second-order valence-electron chi connectivity index (χ2n) is 4.22. The van der Waals surface area contributed by atoms with E-state index in [1.807, 2.05) is 18.7 Å². The normalized spacial score (nSPS) is 12.4. The van der Waals surface area contributed by atoms with E-state index in [2.05, 4.69) is 5.16 Å². The molecule has 0 heterocycles. The van der Waals surface area contributed by atoms with Crippen LogP contribution < -0.4 is 5.73 Å². The lowest BCUT2D eigenvalue weighted by atomic mass is 10.2. The molecule has 3 N–H and O–H groups in total. The smallest absolute Gasteiger partial charge is 0.153 e. The maximum atomic E-state index is 12.8. The zero-order chi connectivity index (χ0) is 12.8. The second kappa shape index (κ2) is 6.20. The molecule has 0 aromatic heterocycles. The van der Waals surface area contributed by atoms with Crippen LogP contribution >= 0.6 is 0 Å². The number of nitrogens with two attached hydrogens (primary N) is 1. The minimum absolute atomic E-state index is 0.167. The maximum absolute atomic E-state index is 12.8. The van der Waals surface area contributed by atoms with E-state index in [9.17, 15) is 4.39 Å². The van der Waals surface area contributed by atoms with Crippen LogP contribution in [0.15, 0.2) is 29.4 Å². The Balaban J connectivity index is 2.70. The minimum atomic E-state index is -0.249. The summed E-state index contributed by atoms with van der Waals surface area (Å²) >= 11 is 0. The minimum Gasteiger partial charge on any atom is -0.409 e. The van der Waals surface area contributed by atoms with Gasteiger partial charge in [-0.2, -0.15) is 0 Å². The van der Waals surface area contributed by atoms with Crippen molar-refractivity contribution in [1.82, 2.24) is 4.90 Å². The van der Waals surface area contributed by atoms with Crippen LogP contribution in [-0.4, -0.2) is 28.5 Å². The average molecular weight is 239 g/mol. The van der Waals surface area contributed by atoms with E-state index in [-0.39, 0.29) is 17.7 Å². The molecule has 0 saturated heterocycles. The van der Waals surface area contributed by atoms with Crippen LogP contribution in [0.25, 0.3) is 0 Å². The molecule has 1 aromatic carbocycles. The zero-order valence-corrected chi connectivity index (χ0v) is 10.1. The summed E-state index contributed by atoms with van der Waals surface area (Å²) in [5.74, 6) is -0.0814. The van der Waals surface area contributed by atoms with Gasteiger partial charge in [0.25, 0.3) is 0 Å². The second-order valence-corrected chi connectivity index (χ2v) is 4.22. The third-order valence-corrected chi connectivity index (χ3v) is 2.52. The van der Waals surface area contributed by atoms with Crippen LogP contribution in [0.2, 0.25) is 0 Å². The quantitative estimate of drug-likeness (QED) is 0.356. The lowest BCUT2D eigenvalue weighted by Gasteiger charge is -2.25. The molecular formula is C12H18FN3O. The largest absolute Gasteiger partial charge is 0.409 e. The summed E-state index contributed by atoms with van der Waals surface area (Å²) in [6.07, 6.45) is 0. The van der Waals surface area contributed by atoms with Crippen molar-refractivity contribution in [3.63, 3.8) is 0 Å². The molecule has 94 valence electrons. The lowest BCUT2D eigenvalue weighted by Crippen LogP contribution is -2.38. The molecule has 0 saturated carbocycles. The molecule has 1 aromatic rings. The SMILES string of the molecule is CC(C)N(CC(N)=NO)Cc1ccc(F)cc1. The summed E-state index contributed by atoms with van der Waals surface area (Å²) in [6, 6.07) is 6.57. The van der Waals surface area contributed by atoms with E-state index < -0.39 is 0 Å². The van der Waals surface area contributed by atoms with Crippen molar-refractivity contribution in [2.45, 2.75) is 26.4 Å². The summed E-state index contributed by atoms with van der Waals surface area (Å²) in [7, 11) is 0. The van der Waals surface area contributed by atoms with Crippen molar-refractivity contribution in [1.29, 1.82) is 0 Å². The third-order valence-electron chi connectivity index (χ3n) is 2.52. The summed E-state index contributed by atoms with van der Waals surface area (Å²) in [6.45, 7) is 5.06. The van der Waals surface area contributed by atoms with E-state index >= 15 is 0 Å². The Labute approximate surface area is 101 Å². The van der Waals surface area contributed by atoms with Gasteiger partial charge < -0.3 is 10.9 Å². The highest BCUT2D eigenvalue weighted by atomic mass is 19.1. The Bertz CT molecular complexity index is 376. The van der Waals surface area contributed by atoms with Crippen molar-refractivity contribution in [3.8, 4) is 0 Å². The fourth-order valence-corrected chi connectivity index (χ4v) is 1.49. The summed E-state index contributed by atoms with van der Waals surface area (Å²) < 4.78 is 12.8. The van der Waals surface area contributed by atoms with Gasteiger partial charge in [-0.25, -0.2) is 4.39 Å². The number of benzene rings is 1. The molecule has 0 aliphatic rings. The van der Waals surface area contributed by atoms with Gasteiger partial charge in [0.2, 0.25) is 0 Å². The van der Waals surface area contributed by atoms with Crippen LogP contribution in [0.3, 0.4) is 0 Å². The van der Waals surface area contributed by atoms with Gasteiger partial charge in [0, 0.05) is 12.6 Å². The zero-order valence-electron chi connectivity index (χ0n) is 10.1. The molecule has 5 heteroatoms. The van der Waals surface area contributed by atoms with Gasteiger partial charge in [0.05, 0.1) is 6.54 Å². The Morgan fingerprint density at radius 3 is 2.47 bits per heavy atom. The first-order valence-electron chi connectivity index (χ1n) is 5.48. The fraction of sp³-hybridized carbons (Fsp3) is 0.417. The first kappa shape index (κ1) is 13.4. The van der Waals surface area contributed by atoms with E-state index in [1.165, 1.54) is 12.1 Å². The van der Waals surface area contributed by atoms with Crippen molar-refractivity contribution in [2.75, 3.05) is 6.54 Å². The molecule has 4 nitrogen and oxygen atoms in total. The standard InChI is InChI=1S/C12H18FN3O/c1-9(2)16(8-12(14)15-17)7-10-3-5-11(13)6-4-10/h3-6,9,17H,7-8H2,1-2H3,(H2,14,15). The molecule has 0 bridgehead atoms. The number of oxime groups is 1. The number of hydrogen-bond donors (Lipinski definition) is 2. The highest BCUT2D eigenvalue weighted by Crippen LogP contribution is 2.09. The molecule has 17 heavy (non-hydrogen) atoms. The molecule has 0 aliphatic heterocycles. The Hall–Kier alpha value is -1.62. The average Bonchev–Trinajstić information content (AvgIpc) is 2.30. The molecule has 0 unspecified atom stereocenters. The van der Waals surface area contributed by atoms with E-state index in [1.54, 1.807) is 12.1 Å². The number of nitrogens with zero attached hydrogens (tertiary/aromatic N) is 2. The maximum Gasteiger partial charge on any atom is 0.153 e. The number of halogens is 1. The molecule has 0 spiro atoms. The van der Waals surface area contributed by atoms with Gasteiger partial charge in [-0.3, -0.25) is 4.90 Å². The van der Waals surface area contributed by atoms with Crippen molar-refractivity contribution in [2.24, 2.45) is 10.9 Å². The molecule has 0 radical (unpaired) electrons. The molecule has 0 fully saturated rings. The number of rotatable bonds is 5. The van der Waals surface area contributed by atoms with Crippen molar-refractivity contribution >= 4 is 5.84 Å². The topological polar surface area (TPSA) is 61.8 Å². The molecule has 1 rings (SSSR count). The molecule has 0 amide bonds. The van der Waals surface area contributed by atoms with Crippen molar-refractivity contribution in [3.05, 3.63) is 35.6 Å². The van der Waals surface area contributed by atoms with Gasteiger partial charge in [-0.05, 0) is 31.5 Å². The first-order chi connectivity index (χ1) is 8.02. The van der Waals surface area contributed by atoms with Gasteiger partial charge in [0.15, 0.2) is 5.84 Å². The van der Waals surface area contributed by atoms with E-state index in [0.717, 1.165) is 5.56 Å². The first-order valence-corrected chi connectivity index (χ1v) is 5.48. The Morgan fingerprint density at radius 1 is 1.41 bits per heavy atom. The monoisotopic (exact) mass is 239 g/mol. The van der Waals surface area contributed by atoms with Crippen LogP contribution in [0, 0.1) is 5.82 Å². The summed E-state index contributed by atoms with van der Waals surface area (Å²) in [5.41, 5.74) is 6.48. The van der Waals surface area contributed by atoms with Crippen LogP contribution in [-0.2, 0) is 6.54 Å². The predicted octanol–water partition coefficient (Wildman–Crippen LogP) is 1.78. The van der Waals surface area contributed by atoms with E-state index in [4.69, 9.17) is 10.9 Å². The van der Waals surface area contributed by atoms with E-state index in [0.29, 0.717) is 13.1 Å². The van der Waals surface area contributed by atoms with Gasteiger partial charge in [-0.15, -0.1) is 0 Å². The van der Waals surface area contributed by atoms with Crippen LogP contribution in [0.1, 0.15) is 19.4 Å². The third kappa shape index (κ3) is 4.40. The highest BCUT2D eigenvalue weighted by molar-refractivity contribution is 5.81. The Morgan fingerprint density at radius 2 is 2.00 bits per heavy atom. The molecule has 0 aliphatic carbocycles. The summed E-state index contributed by atoms with van der Waals surface area (Å²) in [5, 5.41) is 11.5. The molecule has 0 atom stereocenters. The lowest BCUT2D eigenvalue weighted by molar-refractivity contribution is 0.238.